The van der Waals surface area contributed by atoms with Crippen LogP contribution in [0.15, 0.2) is 24.3 Å². The zero-order valence-electron chi connectivity index (χ0n) is 10.2. The smallest absolute Gasteiger partial charge is 0.123 e. The maximum atomic E-state index is 12.8. The number of rotatable bonds is 4. The van der Waals surface area contributed by atoms with Gasteiger partial charge in [-0.15, -0.1) is 0 Å². The Morgan fingerprint density at radius 1 is 1.06 bits per heavy atom. The van der Waals surface area contributed by atoms with Crippen LogP contribution >= 0.6 is 0 Å². The van der Waals surface area contributed by atoms with Crippen molar-refractivity contribution >= 4 is 5.69 Å². The molecule has 2 rings (SSSR count). The van der Waals surface area contributed by atoms with E-state index in [9.17, 15) is 4.39 Å². The quantitative estimate of drug-likeness (QED) is 0.791. The second-order valence-corrected chi connectivity index (χ2v) is 4.51. The van der Waals surface area contributed by atoms with Gasteiger partial charge >= 0.3 is 0 Å². The van der Waals surface area contributed by atoms with Crippen molar-refractivity contribution in [3.63, 3.8) is 0 Å². The van der Waals surface area contributed by atoms with Gasteiger partial charge in [-0.25, -0.2) is 4.39 Å². The highest BCUT2D eigenvalue weighted by atomic mass is 19.1. The highest BCUT2D eigenvalue weighted by Gasteiger charge is 2.16. The molecule has 0 spiro atoms. The van der Waals surface area contributed by atoms with Crippen LogP contribution in [0.3, 0.4) is 0 Å². The summed E-state index contributed by atoms with van der Waals surface area (Å²) in [6.07, 6.45) is 2.19. The number of hydrogen-bond acceptors (Lipinski definition) is 2. The molecule has 0 aromatic heterocycles. The third-order valence-corrected chi connectivity index (χ3v) is 3.29. The molecule has 0 unspecified atom stereocenters. The first kappa shape index (κ1) is 12.4. The van der Waals surface area contributed by atoms with Gasteiger partial charge in [0.05, 0.1) is 0 Å². The molecule has 3 heteroatoms. The average molecular weight is 235 g/mol. The fraction of sp³-hybridized carbons (Fsp3) is 0.500. The third-order valence-electron chi connectivity index (χ3n) is 3.29. The van der Waals surface area contributed by atoms with Crippen LogP contribution in [0.4, 0.5) is 10.1 Å². The Morgan fingerprint density at radius 3 is 2.29 bits per heavy atom. The number of anilines is 1. The van der Waals surface area contributed by atoms with Crippen LogP contribution in [0.25, 0.3) is 0 Å². The molecule has 17 heavy (non-hydrogen) atoms. The average Bonchev–Trinajstić information content (AvgIpc) is 2.38. The standard InChI is InChI=1S/C14H20FN2/c1-2-3-8-16-9-11-17(12-10-16)14-6-4-13(15)5-7-14/h4-7H,1-3,8-12H2. The minimum absolute atomic E-state index is 0.164. The Bertz CT molecular complexity index is 329. The van der Waals surface area contributed by atoms with Gasteiger partial charge < -0.3 is 4.90 Å². The van der Waals surface area contributed by atoms with Gasteiger partial charge in [0.15, 0.2) is 0 Å². The minimum Gasteiger partial charge on any atom is -0.369 e. The lowest BCUT2D eigenvalue weighted by Gasteiger charge is -2.36. The van der Waals surface area contributed by atoms with Gasteiger partial charge in [0.2, 0.25) is 0 Å². The van der Waals surface area contributed by atoms with E-state index >= 15 is 0 Å². The minimum atomic E-state index is -0.164. The monoisotopic (exact) mass is 235 g/mol. The van der Waals surface area contributed by atoms with Crippen LogP contribution in [0.5, 0.6) is 0 Å². The van der Waals surface area contributed by atoms with Gasteiger partial charge in [-0.2, -0.15) is 0 Å². The molecule has 0 atom stereocenters. The van der Waals surface area contributed by atoms with Crippen LogP contribution in [0.2, 0.25) is 0 Å². The normalized spacial score (nSPS) is 17.4. The highest BCUT2D eigenvalue weighted by Crippen LogP contribution is 2.16. The predicted octanol–water partition coefficient (Wildman–Crippen LogP) is 2.56. The van der Waals surface area contributed by atoms with E-state index in [1.165, 1.54) is 18.6 Å². The molecule has 0 aliphatic carbocycles. The van der Waals surface area contributed by atoms with Gasteiger partial charge in [-0.1, -0.05) is 13.3 Å². The predicted molar refractivity (Wildman–Crippen MR) is 69.6 cm³/mol. The Morgan fingerprint density at radius 2 is 1.71 bits per heavy atom. The molecule has 93 valence electrons. The van der Waals surface area contributed by atoms with E-state index in [2.05, 4.69) is 16.7 Å². The first-order chi connectivity index (χ1) is 8.29. The molecule has 1 radical (unpaired) electrons. The summed E-state index contributed by atoms with van der Waals surface area (Å²) in [4.78, 5) is 4.80. The fourth-order valence-corrected chi connectivity index (χ4v) is 2.22. The Hall–Kier alpha value is -1.09. The van der Waals surface area contributed by atoms with Gasteiger partial charge in [-0.05, 0) is 37.2 Å². The number of hydrogen-bond donors (Lipinski definition) is 0. The highest BCUT2D eigenvalue weighted by molar-refractivity contribution is 5.46. The van der Waals surface area contributed by atoms with Crippen molar-refractivity contribution in [2.24, 2.45) is 0 Å². The number of benzene rings is 1. The molecule has 1 saturated heterocycles. The zero-order valence-corrected chi connectivity index (χ0v) is 10.2. The van der Waals surface area contributed by atoms with Crippen LogP contribution in [0.1, 0.15) is 12.8 Å². The molecule has 1 heterocycles. The molecular weight excluding hydrogens is 215 g/mol. The van der Waals surface area contributed by atoms with Crippen LogP contribution in [0, 0.1) is 12.7 Å². The second-order valence-electron chi connectivity index (χ2n) is 4.51. The summed E-state index contributed by atoms with van der Waals surface area (Å²) in [5, 5.41) is 0. The van der Waals surface area contributed by atoms with Crippen LogP contribution in [-0.2, 0) is 0 Å². The molecule has 1 fully saturated rings. The Labute approximate surface area is 103 Å². The van der Waals surface area contributed by atoms with E-state index in [0.717, 1.165) is 44.8 Å². The molecule has 2 nitrogen and oxygen atoms in total. The molecule has 1 aromatic rings. The van der Waals surface area contributed by atoms with Gasteiger partial charge in [0, 0.05) is 31.9 Å². The molecule has 0 N–H and O–H groups in total. The lowest BCUT2D eigenvalue weighted by molar-refractivity contribution is 0.255. The number of nitrogens with zero attached hydrogens (tertiary/aromatic N) is 2. The summed E-state index contributed by atoms with van der Waals surface area (Å²) in [6.45, 7) is 9.27. The molecular formula is C14H20FN2. The molecule has 0 amide bonds. The Kier molecular flexibility index (Phi) is 4.37. The molecule has 1 aliphatic heterocycles. The van der Waals surface area contributed by atoms with Gasteiger partial charge in [-0.3, -0.25) is 4.90 Å². The summed E-state index contributed by atoms with van der Waals surface area (Å²) < 4.78 is 12.8. The SMILES string of the molecule is [CH2]CCCN1CCN(c2ccc(F)cc2)CC1. The molecule has 1 aliphatic rings. The molecule has 0 bridgehead atoms. The number of unbranched alkanes of at least 4 members (excludes halogenated alkanes) is 1. The van der Waals surface area contributed by atoms with Crippen molar-refractivity contribution in [3.05, 3.63) is 37.0 Å². The van der Waals surface area contributed by atoms with Gasteiger partial charge in [0.1, 0.15) is 5.82 Å². The van der Waals surface area contributed by atoms with Crippen LogP contribution < -0.4 is 4.90 Å². The van der Waals surface area contributed by atoms with Crippen molar-refractivity contribution < 1.29 is 4.39 Å². The van der Waals surface area contributed by atoms with E-state index < -0.39 is 0 Å². The number of piperazine rings is 1. The second kappa shape index (κ2) is 6.01. The first-order valence-corrected chi connectivity index (χ1v) is 6.32. The van der Waals surface area contributed by atoms with E-state index in [0.29, 0.717) is 0 Å². The van der Waals surface area contributed by atoms with Gasteiger partial charge in [0.25, 0.3) is 0 Å². The van der Waals surface area contributed by atoms with Crippen molar-refractivity contribution in [3.8, 4) is 0 Å². The van der Waals surface area contributed by atoms with E-state index in [-0.39, 0.29) is 5.82 Å². The largest absolute Gasteiger partial charge is 0.369 e. The van der Waals surface area contributed by atoms with E-state index in [1.54, 1.807) is 0 Å². The Balaban J connectivity index is 1.84. The summed E-state index contributed by atoms with van der Waals surface area (Å²) in [7, 11) is 0. The summed E-state index contributed by atoms with van der Waals surface area (Å²) in [6, 6.07) is 6.79. The fourth-order valence-electron chi connectivity index (χ4n) is 2.22. The van der Waals surface area contributed by atoms with Crippen molar-refractivity contribution in [2.45, 2.75) is 12.8 Å². The summed E-state index contributed by atoms with van der Waals surface area (Å²) in [5.74, 6) is -0.164. The zero-order chi connectivity index (χ0) is 12.1. The maximum Gasteiger partial charge on any atom is 0.123 e. The van der Waals surface area contributed by atoms with Crippen molar-refractivity contribution in [1.82, 2.24) is 4.90 Å². The van der Waals surface area contributed by atoms with E-state index in [1.807, 2.05) is 12.1 Å². The summed E-state index contributed by atoms with van der Waals surface area (Å²) in [5.41, 5.74) is 1.13. The maximum absolute atomic E-state index is 12.8. The van der Waals surface area contributed by atoms with Crippen molar-refractivity contribution in [1.29, 1.82) is 0 Å². The first-order valence-electron chi connectivity index (χ1n) is 6.32. The topological polar surface area (TPSA) is 6.48 Å². The summed E-state index contributed by atoms with van der Waals surface area (Å²) >= 11 is 0. The lowest BCUT2D eigenvalue weighted by Crippen LogP contribution is -2.46. The van der Waals surface area contributed by atoms with Crippen LogP contribution in [-0.4, -0.2) is 37.6 Å². The third kappa shape index (κ3) is 3.43. The van der Waals surface area contributed by atoms with Crippen molar-refractivity contribution in [2.75, 3.05) is 37.6 Å². The molecule has 0 saturated carbocycles. The van der Waals surface area contributed by atoms with E-state index in [4.69, 9.17) is 0 Å². The molecule has 1 aromatic carbocycles. The number of halogens is 1. The lowest BCUT2D eigenvalue weighted by atomic mass is 10.2.